The van der Waals surface area contributed by atoms with Crippen LogP contribution in [0, 0.1) is 5.82 Å². The van der Waals surface area contributed by atoms with E-state index in [0.717, 1.165) is 22.1 Å². The average molecular weight is 679 g/mol. The minimum Gasteiger partial charge on any atom is -0.541 e. The molecule has 5 aromatic rings. The molecule has 0 fully saturated rings. The zero-order valence-electron chi connectivity index (χ0n) is 28.6. The number of hydrogen-bond donors (Lipinski definition) is 1. The number of methoxy groups -OCH3 is 3. The number of rotatable bonds is 12. The molecule has 0 aliphatic carbocycles. The molecule has 0 aliphatic rings. The molecule has 0 radical (unpaired) electrons. The molecule has 0 amide bonds. The van der Waals surface area contributed by atoms with Crippen molar-refractivity contribution in [2.45, 2.75) is 71.1 Å². The Kier molecular flexibility index (Phi) is 9.98. The lowest BCUT2D eigenvalue weighted by atomic mass is 10.0. The molecular formula is C37H44ClFN2O5Si. The molecule has 250 valence electrons. The molecular weight excluding hydrogens is 635 g/mol. The highest BCUT2D eigenvalue weighted by Gasteiger charge is 2.48. The van der Waals surface area contributed by atoms with Gasteiger partial charge in [0.05, 0.1) is 38.3 Å². The maximum atomic E-state index is 13.9. The number of aromatic nitrogens is 2. The second kappa shape index (κ2) is 13.6. The third kappa shape index (κ3) is 6.23. The summed E-state index contributed by atoms with van der Waals surface area (Å²) < 4.78 is 40.2. The minimum atomic E-state index is -2.52. The van der Waals surface area contributed by atoms with Crippen molar-refractivity contribution in [3.8, 4) is 28.9 Å². The van der Waals surface area contributed by atoms with Crippen molar-refractivity contribution in [3.63, 3.8) is 0 Å². The van der Waals surface area contributed by atoms with Gasteiger partial charge in [0.15, 0.2) is 0 Å². The minimum absolute atomic E-state index is 0.0547. The standard InChI is InChI=1S/C37H44ClFN2O5Si/c1-21(2)47(22(3)4,23(5)6)46-36-33-29(20-41(37(33)42)19-26-11-12-27(43-7)17-32(26)44-8)35(45-9)28-15-25(18-40-34(28)36)14-24-10-13-31(39)30(38)16-24/h10-13,15-18,20-23,42H,14,19H2,1-9H3. The fraction of sp³-hybridized carbons (Fsp3) is 0.378. The summed E-state index contributed by atoms with van der Waals surface area (Å²) in [6.45, 7) is 13.7. The van der Waals surface area contributed by atoms with Gasteiger partial charge in [-0.15, -0.1) is 0 Å². The number of pyridine rings is 1. The lowest BCUT2D eigenvalue weighted by Crippen LogP contribution is -2.50. The van der Waals surface area contributed by atoms with E-state index in [2.05, 4.69) is 41.5 Å². The van der Waals surface area contributed by atoms with Crippen LogP contribution in [-0.2, 0) is 13.0 Å². The second-order valence-electron chi connectivity index (χ2n) is 13.0. The van der Waals surface area contributed by atoms with Crippen LogP contribution < -0.4 is 18.6 Å². The summed E-state index contributed by atoms with van der Waals surface area (Å²) in [6.07, 6.45) is 4.19. The van der Waals surface area contributed by atoms with Crippen LogP contribution in [0.4, 0.5) is 4.39 Å². The number of ether oxygens (including phenoxy) is 3. The Hall–Kier alpha value is -3.95. The van der Waals surface area contributed by atoms with Crippen LogP contribution in [0.1, 0.15) is 58.2 Å². The summed E-state index contributed by atoms with van der Waals surface area (Å²) in [6, 6.07) is 12.4. The monoisotopic (exact) mass is 678 g/mol. The first-order chi connectivity index (χ1) is 22.4. The van der Waals surface area contributed by atoms with Gasteiger partial charge in [0.25, 0.3) is 8.32 Å². The number of nitrogens with zero attached hydrogens (tertiary/aromatic N) is 2. The summed E-state index contributed by atoms with van der Waals surface area (Å²) in [5.41, 5.74) is 4.08. The SMILES string of the molecule is COc1ccc(Cn2cc3c(OC)c4cc(Cc5ccc(F)c(Cl)c5)cnc4c(O[Si](C(C)C)(C(C)C)C(C)C)c3c2O)c(OC)c1. The van der Waals surface area contributed by atoms with E-state index < -0.39 is 14.1 Å². The lowest BCUT2D eigenvalue weighted by Gasteiger charge is -2.42. The molecule has 1 N–H and O–H groups in total. The molecule has 2 aromatic heterocycles. The maximum Gasteiger partial charge on any atom is 0.258 e. The number of aromatic hydroxyl groups is 1. The predicted octanol–water partition coefficient (Wildman–Crippen LogP) is 9.91. The van der Waals surface area contributed by atoms with Gasteiger partial charge in [-0.1, -0.05) is 59.2 Å². The highest BCUT2D eigenvalue weighted by Crippen LogP contribution is 2.51. The normalized spacial score (nSPS) is 12.1. The van der Waals surface area contributed by atoms with Crippen molar-refractivity contribution in [1.82, 2.24) is 9.55 Å². The summed E-state index contributed by atoms with van der Waals surface area (Å²) >= 11 is 6.09. The van der Waals surface area contributed by atoms with Crippen LogP contribution >= 0.6 is 11.6 Å². The molecule has 0 unspecified atom stereocenters. The summed E-state index contributed by atoms with van der Waals surface area (Å²) in [7, 11) is 2.33. The fourth-order valence-corrected chi connectivity index (χ4v) is 12.6. The average Bonchev–Trinajstić information content (AvgIpc) is 3.35. The Bertz CT molecular complexity index is 1900. The third-order valence-electron chi connectivity index (χ3n) is 9.34. The highest BCUT2D eigenvalue weighted by molar-refractivity contribution is 6.78. The zero-order valence-corrected chi connectivity index (χ0v) is 30.3. The smallest absolute Gasteiger partial charge is 0.258 e. The van der Waals surface area contributed by atoms with Crippen molar-refractivity contribution in [2.24, 2.45) is 0 Å². The molecule has 0 aliphatic heterocycles. The quantitative estimate of drug-likeness (QED) is 0.132. The summed E-state index contributed by atoms with van der Waals surface area (Å²) in [4.78, 5) is 4.97. The van der Waals surface area contributed by atoms with E-state index in [0.29, 0.717) is 52.3 Å². The van der Waals surface area contributed by atoms with Crippen molar-refractivity contribution in [3.05, 3.63) is 82.4 Å². The second-order valence-corrected chi connectivity index (χ2v) is 18.8. The topological polar surface area (TPSA) is 75.0 Å². The van der Waals surface area contributed by atoms with Gasteiger partial charge < -0.3 is 28.3 Å². The molecule has 5 rings (SSSR count). The van der Waals surface area contributed by atoms with Crippen LogP contribution in [0.2, 0.25) is 21.6 Å². The largest absolute Gasteiger partial charge is 0.541 e. The van der Waals surface area contributed by atoms with E-state index in [1.54, 1.807) is 44.2 Å². The Morgan fingerprint density at radius 2 is 1.55 bits per heavy atom. The summed E-state index contributed by atoms with van der Waals surface area (Å²) in [5, 5.41) is 14.1. The molecule has 3 aromatic carbocycles. The lowest BCUT2D eigenvalue weighted by molar-refractivity contribution is 0.387. The van der Waals surface area contributed by atoms with Crippen LogP contribution in [0.3, 0.4) is 0 Å². The van der Waals surface area contributed by atoms with Crippen LogP contribution in [-0.4, -0.2) is 44.3 Å². The van der Waals surface area contributed by atoms with Crippen LogP contribution in [0.15, 0.2) is 54.9 Å². The number of fused-ring (bicyclic) bond motifs is 2. The molecule has 47 heavy (non-hydrogen) atoms. The van der Waals surface area contributed by atoms with Crippen LogP contribution in [0.25, 0.3) is 21.7 Å². The van der Waals surface area contributed by atoms with Gasteiger partial charge in [0, 0.05) is 34.8 Å². The molecule has 10 heteroatoms. The molecule has 2 heterocycles. The first-order valence-electron chi connectivity index (χ1n) is 15.9. The van der Waals surface area contributed by atoms with Gasteiger partial charge in [0.2, 0.25) is 5.88 Å². The van der Waals surface area contributed by atoms with Gasteiger partial charge in [-0.2, -0.15) is 0 Å². The Balaban J connectivity index is 1.78. The Morgan fingerprint density at radius 3 is 2.15 bits per heavy atom. The summed E-state index contributed by atoms with van der Waals surface area (Å²) in [5.74, 6) is 2.07. The molecule has 0 atom stereocenters. The number of hydrogen-bond acceptors (Lipinski definition) is 6. The van der Waals surface area contributed by atoms with Gasteiger partial charge in [-0.25, -0.2) is 4.39 Å². The van der Waals surface area contributed by atoms with E-state index in [1.165, 1.54) is 6.07 Å². The molecule has 0 saturated carbocycles. The van der Waals surface area contributed by atoms with E-state index >= 15 is 0 Å². The Labute approximate surface area is 282 Å². The molecule has 0 saturated heterocycles. The van der Waals surface area contributed by atoms with Crippen molar-refractivity contribution in [2.75, 3.05) is 21.3 Å². The first-order valence-corrected chi connectivity index (χ1v) is 18.4. The van der Waals surface area contributed by atoms with Crippen molar-refractivity contribution < 1.29 is 28.1 Å². The number of benzene rings is 3. The first kappa shape index (κ1) is 34.4. The maximum absolute atomic E-state index is 13.9. The van der Waals surface area contributed by atoms with Crippen molar-refractivity contribution in [1.29, 1.82) is 0 Å². The number of halogens is 2. The van der Waals surface area contributed by atoms with Crippen molar-refractivity contribution >= 4 is 41.6 Å². The Morgan fingerprint density at radius 1 is 0.851 bits per heavy atom. The van der Waals surface area contributed by atoms with Gasteiger partial charge >= 0.3 is 0 Å². The van der Waals surface area contributed by atoms with Gasteiger partial charge in [-0.3, -0.25) is 4.98 Å². The van der Waals surface area contributed by atoms with E-state index in [1.807, 2.05) is 30.5 Å². The van der Waals surface area contributed by atoms with Crippen LogP contribution in [0.5, 0.6) is 28.9 Å². The van der Waals surface area contributed by atoms with E-state index in [4.69, 9.17) is 35.2 Å². The predicted molar refractivity (Wildman–Crippen MR) is 190 cm³/mol. The third-order valence-corrected chi connectivity index (χ3v) is 15.6. The zero-order chi connectivity index (χ0) is 34.2. The molecule has 7 nitrogen and oxygen atoms in total. The van der Waals surface area contributed by atoms with Gasteiger partial charge in [-0.05, 0) is 64.5 Å². The van der Waals surface area contributed by atoms with E-state index in [-0.39, 0.29) is 27.5 Å². The fourth-order valence-electron chi connectivity index (χ4n) is 7.19. The molecule has 0 bridgehead atoms. The van der Waals surface area contributed by atoms with E-state index in [9.17, 15) is 9.50 Å². The van der Waals surface area contributed by atoms with Gasteiger partial charge in [0.1, 0.15) is 34.3 Å². The molecule has 0 spiro atoms. The highest BCUT2D eigenvalue weighted by atomic mass is 35.5.